The number of unbranched alkanes of at least 4 members (excludes halogenated alkanes) is 1. The maximum atomic E-state index is 12.8. The Morgan fingerprint density at radius 3 is 2.33 bits per heavy atom. The second-order valence-corrected chi connectivity index (χ2v) is 10.5. The van der Waals surface area contributed by atoms with Gasteiger partial charge in [0.25, 0.3) is 5.91 Å². The molecule has 0 radical (unpaired) electrons. The van der Waals surface area contributed by atoms with Gasteiger partial charge in [-0.3, -0.25) is 14.2 Å². The summed E-state index contributed by atoms with van der Waals surface area (Å²) in [7, 11) is 1.59. The van der Waals surface area contributed by atoms with Crippen molar-refractivity contribution in [2.24, 2.45) is 0 Å². The number of halogens is 1. The van der Waals surface area contributed by atoms with Crippen LogP contribution in [0.2, 0.25) is 0 Å². The number of nitrogens with one attached hydrogen (secondary N) is 2. The molecule has 208 valence electrons. The van der Waals surface area contributed by atoms with Gasteiger partial charge in [0.1, 0.15) is 11.5 Å². The summed E-state index contributed by atoms with van der Waals surface area (Å²) in [6.07, 6.45) is 2.04. The van der Waals surface area contributed by atoms with Crippen LogP contribution in [-0.4, -0.2) is 46.0 Å². The molecule has 0 aliphatic carbocycles. The zero-order valence-electron chi connectivity index (χ0n) is 22.2. The predicted octanol–water partition coefficient (Wildman–Crippen LogP) is 5.88. The van der Waals surface area contributed by atoms with E-state index in [9.17, 15) is 9.59 Å². The first-order valence-electron chi connectivity index (χ1n) is 12.7. The maximum Gasteiger partial charge on any atom is 0.251 e. The number of benzene rings is 3. The summed E-state index contributed by atoms with van der Waals surface area (Å²) in [5, 5.41) is 15.0. The molecule has 0 bridgehead atoms. The van der Waals surface area contributed by atoms with Gasteiger partial charge in [0.05, 0.1) is 26.0 Å². The number of hydrogen-bond acceptors (Lipinski definition) is 7. The van der Waals surface area contributed by atoms with Gasteiger partial charge in [0, 0.05) is 21.4 Å². The zero-order chi connectivity index (χ0) is 28.3. The number of nitrogens with zero attached hydrogens (tertiary/aromatic N) is 3. The molecule has 0 unspecified atom stereocenters. The maximum absolute atomic E-state index is 12.8. The number of ether oxygens (including phenoxy) is 2. The molecular weight excluding hydrogens is 594 g/mol. The van der Waals surface area contributed by atoms with Crippen LogP contribution in [0.15, 0.2) is 82.4 Å². The molecule has 0 aliphatic heterocycles. The molecule has 11 heteroatoms. The van der Waals surface area contributed by atoms with E-state index in [1.54, 1.807) is 55.6 Å². The molecule has 0 aliphatic rings. The number of aromatic nitrogens is 3. The number of amides is 2. The van der Waals surface area contributed by atoms with Crippen molar-refractivity contribution in [1.82, 2.24) is 20.1 Å². The number of carbonyl (C=O) groups is 2. The van der Waals surface area contributed by atoms with E-state index in [1.165, 1.54) is 11.8 Å². The topological polar surface area (TPSA) is 107 Å². The highest BCUT2D eigenvalue weighted by Gasteiger charge is 2.17. The first kappa shape index (κ1) is 29.2. The molecule has 40 heavy (non-hydrogen) atoms. The van der Waals surface area contributed by atoms with Crippen molar-refractivity contribution in [2.45, 2.75) is 31.5 Å². The molecule has 4 rings (SSSR count). The van der Waals surface area contributed by atoms with E-state index in [4.69, 9.17) is 9.47 Å². The SMILES string of the molecule is CCCCOc1ccc(C(=O)NCc2nnc(SCC(=O)Nc3ccc(OC)cc3)n2-c2ccc(Br)cc2)cc1. The van der Waals surface area contributed by atoms with Gasteiger partial charge in [-0.05, 0) is 79.2 Å². The highest BCUT2D eigenvalue weighted by molar-refractivity contribution is 9.10. The largest absolute Gasteiger partial charge is 0.497 e. The molecular formula is C29H30BrN5O4S. The molecule has 0 fully saturated rings. The quantitative estimate of drug-likeness (QED) is 0.141. The number of hydrogen-bond donors (Lipinski definition) is 2. The lowest BCUT2D eigenvalue weighted by Gasteiger charge is -2.12. The second kappa shape index (κ2) is 14.5. The standard InChI is InChI=1S/C29H30BrN5O4S/c1-3-4-17-39-25-13-5-20(6-14-25)28(37)31-18-26-33-34-29(35(26)23-11-7-21(30)8-12-23)40-19-27(36)32-22-9-15-24(38-2)16-10-22/h5-16H,3-4,17-19H2,1-2H3,(H,31,37)(H,32,36). The Bertz CT molecular complexity index is 1410. The molecule has 9 nitrogen and oxygen atoms in total. The van der Waals surface area contributed by atoms with Crippen LogP contribution in [0.1, 0.15) is 35.9 Å². The van der Waals surface area contributed by atoms with Crippen LogP contribution in [0.4, 0.5) is 5.69 Å². The highest BCUT2D eigenvalue weighted by atomic mass is 79.9. The van der Waals surface area contributed by atoms with E-state index >= 15 is 0 Å². The van der Waals surface area contributed by atoms with E-state index in [-0.39, 0.29) is 24.1 Å². The van der Waals surface area contributed by atoms with Crippen molar-refractivity contribution in [2.75, 3.05) is 24.8 Å². The summed E-state index contributed by atoms with van der Waals surface area (Å²) in [5.74, 6) is 1.68. The molecule has 0 spiro atoms. The minimum absolute atomic E-state index is 0.125. The first-order chi connectivity index (χ1) is 19.5. The van der Waals surface area contributed by atoms with Gasteiger partial charge >= 0.3 is 0 Å². The first-order valence-corrected chi connectivity index (χ1v) is 14.5. The lowest BCUT2D eigenvalue weighted by atomic mass is 10.2. The number of carbonyl (C=O) groups excluding carboxylic acids is 2. The molecule has 3 aromatic carbocycles. The molecule has 4 aromatic rings. The van der Waals surface area contributed by atoms with Crippen LogP contribution in [0, 0.1) is 0 Å². The van der Waals surface area contributed by atoms with Gasteiger partial charge in [0.2, 0.25) is 5.91 Å². The monoisotopic (exact) mass is 623 g/mol. The zero-order valence-corrected chi connectivity index (χ0v) is 24.6. The van der Waals surface area contributed by atoms with Gasteiger partial charge in [0.15, 0.2) is 11.0 Å². The van der Waals surface area contributed by atoms with Crippen molar-refractivity contribution in [3.8, 4) is 17.2 Å². The lowest BCUT2D eigenvalue weighted by Crippen LogP contribution is -2.24. The van der Waals surface area contributed by atoms with Crippen molar-refractivity contribution in [3.05, 3.63) is 88.7 Å². The normalized spacial score (nSPS) is 10.7. The summed E-state index contributed by atoms with van der Waals surface area (Å²) in [4.78, 5) is 25.5. The molecule has 1 heterocycles. The number of anilines is 1. The Morgan fingerprint density at radius 2 is 1.65 bits per heavy atom. The molecule has 0 saturated heterocycles. The van der Waals surface area contributed by atoms with Crippen molar-refractivity contribution in [1.29, 1.82) is 0 Å². The summed E-state index contributed by atoms with van der Waals surface area (Å²) in [6.45, 7) is 2.91. The third-order valence-corrected chi connectivity index (χ3v) is 7.24. The van der Waals surface area contributed by atoms with Crippen LogP contribution in [0.5, 0.6) is 11.5 Å². The number of methoxy groups -OCH3 is 1. The summed E-state index contributed by atoms with van der Waals surface area (Å²) in [5.41, 5.74) is 2.00. The molecule has 2 N–H and O–H groups in total. The predicted molar refractivity (Wildman–Crippen MR) is 159 cm³/mol. The highest BCUT2D eigenvalue weighted by Crippen LogP contribution is 2.24. The van der Waals surface area contributed by atoms with Crippen molar-refractivity contribution < 1.29 is 19.1 Å². The smallest absolute Gasteiger partial charge is 0.251 e. The lowest BCUT2D eigenvalue weighted by molar-refractivity contribution is -0.113. The Labute approximate surface area is 245 Å². The fourth-order valence-electron chi connectivity index (χ4n) is 3.66. The minimum Gasteiger partial charge on any atom is -0.497 e. The fourth-order valence-corrected chi connectivity index (χ4v) is 4.69. The summed E-state index contributed by atoms with van der Waals surface area (Å²) >= 11 is 4.72. The van der Waals surface area contributed by atoms with E-state index < -0.39 is 0 Å². The summed E-state index contributed by atoms with van der Waals surface area (Å²) < 4.78 is 13.6. The fraction of sp³-hybridized carbons (Fsp3) is 0.241. The Morgan fingerprint density at radius 1 is 0.950 bits per heavy atom. The van der Waals surface area contributed by atoms with Crippen LogP contribution < -0.4 is 20.1 Å². The Hall–Kier alpha value is -3.83. The van der Waals surface area contributed by atoms with Crippen LogP contribution in [-0.2, 0) is 11.3 Å². The van der Waals surface area contributed by atoms with Crippen LogP contribution >= 0.6 is 27.7 Å². The van der Waals surface area contributed by atoms with Gasteiger partial charge in [-0.2, -0.15) is 0 Å². The van der Waals surface area contributed by atoms with Gasteiger partial charge in [-0.15, -0.1) is 10.2 Å². The number of thioether (sulfide) groups is 1. The molecule has 2 amide bonds. The van der Waals surface area contributed by atoms with Crippen LogP contribution in [0.25, 0.3) is 5.69 Å². The van der Waals surface area contributed by atoms with Gasteiger partial charge in [-0.25, -0.2) is 0 Å². The number of rotatable bonds is 13. The Balaban J connectivity index is 1.42. The van der Waals surface area contributed by atoms with E-state index in [0.717, 1.165) is 28.8 Å². The van der Waals surface area contributed by atoms with Crippen LogP contribution in [0.3, 0.4) is 0 Å². The average Bonchev–Trinajstić information content (AvgIpc) is 3.39. The molecule has 1 aromatic heterocycles. The van der Waals surface area contributed by atoms with E-state index in [1.807, 2.05) is 28.8 Å². The van der Waals surface area contributed by atoms with Gasteiger partial charge < -0.3 is 20.1 Å². The third-order valence-electron chi connectivity index (χ3n) is 5.78. The van der Waals surface area contributed by atoms with Gasteiger partial charge in [-0.1, -0.05) is 41.0 Å². The van der Waals surface area contributed by atoms with E-state index in [2.05, 4.69) is 43.7 Å². The van der Waals surface area contributed by atoms with Crippen molar-refractivity contribution >= 4 is 45.2 Å². The molecule has 0 saturated carbocycles. The van der Waals surface area contributed by atoms with Crippen molar-refractivity contribution in [3.63, 3.8) is 0 Å². The van der Waals surface area contributed by atoms with E-state index in [0.29, 0.717) is 34.6 Å². The second-order valence-electron chi connectivity index (χ2n) is 8.69. The third kappa shape index (κ3) is 8.09. The molecule has 0 atom stereocenters. The summed E-state index contributed by atoms with van der Waals surface area (Å²) in [6, 6.07) is 21.8. The minimum atomic E-state index is -0.237. The Kier molecular flexibility index (Phi) is 10.6. The average molecular weight is 625 g/mol.